The van der Waals surface area contributed by atoms with Crippen molar-refractivity contribution in [2.45, 2.75) is 23.5 Å². The van der Waals surface area contributed by atoms with E-state index < -0.39 is 27.6 Å². The molecule has 0 spiro atoms. The number of hydrogen-bond donors (Lipinski definition) is 1. The van der Waals surface area contributed by atoms with Crippen LogP contribution in [-0.4, -0.2) is 14.9 Å². The van der Waals surface area contributed by atoms with Crippen molar-refractivity contribution in [1.82, 2.24) is 9.97 Å². The minimum atomic E-state index is -4.72. The Morgan fingerprint density at radius 3 is 2.65 bits per heavy atom. The van der Waals surface area contributed by atoms with Gasteiger partial charge in [0.2, 0.25) is 0 Å². The van der Waals surface area contributed by atoms with E-state index in [0.29, 0.717) is 11.6 Å². The molecule has 2 rings (SSSR count). The fourth-order valence-electron chi connectivity index (χ4n) is 1.76. The molecule has 1 heterocycles. The summed E-state index contributed by atoms with van der Waals surface area (Å²) in [6.07, 6.45) is -4.72. The van der Waals surface area contributed by atoms with Gasteiger partial charge in [-0.1, -0.05) is 23.9 Å². The standard InChI is InChI=1S/C13H10F3N3O3S/c1-7(8-3-2-4-9(5-8)19(21)22)23-12-17-10(13(14,15)16)6-11(20)18-12/h2-7H,1H3,(H,17,18,20). The van der Waals surface area contributed by atoms with Crippen molar-refractivity contribution in [1.29, 1.82) is 0 Å². The van der Waals surface area contributed by atoms with Crippen LogP contribution in [0.1, 0.15) is 23.4 Å². The van der Waals surface area contributed by atoms with Gasteiger partial charge in [0.05, 0.1) is 4.92 Å². The van der Waals surface area contributed by atoms with Gasteiger partial charge in [-0.05, 0) is 12.5 Å². The van der Waals surface area contributed by atoms with E-state index in [0.717, 1.165) is 11.8 Å². The molecule has 10 heteroatoms. The van der Waals surface area contributed by atoms with Gasteiger partial charge in [-0.3, -0.25) is 14.9 Å². The van der Waals surface area contributed by atoms with Crippen LogP contribution in [0.15, 0.2) is 40.3 Å². The number of nitrogens with zero attached hydrogens (tertiary/aromatic N) is 2. The van der Waals surface area contributed by atoms with Crippen molar-refractivity contribution >= 4 is 17.4 Å². The summed E-state index contributed by atoms with van der Waals surface area (Å²) in [5.41, 5.74) is -1.79. The Labute approximate surface area is 131 Å². The summed E-state index contributed by atoms with van der Waals surface area (Å²) in [6.45, 7) is 1.64. The van der Waals surface area contributed by atoms with Crippen molar-refractivity contribution in [2.75, 3.05) is 0 Å². The number of rotatable bonds is 4. The van der Waals surface area contributed by atoms with Crippen molar-refractivity contribution < 1.29 is 18.1 Å². The van der Waals surface area contributed by atoms with E-state index in [4.69, 9.17) is 0 Å². The molecule has 2 aromatic rings. The van der Waals surface area contributed by atoms with Crippen LogP contribution in [-0.2, 0) is 6.18 Å². The molecule has 0 saturated carbocycles. The number of aromatic amines is 1. The molecule has 0 aliphatic carbocycles. The van der Waals surface area contributed by atoms with Gasteiger partial charge in [0.1, 0.15) is 0 Å². The largest absolute Gasteiger partial charge is 0.433 e. The van der Waals surface area contributed by atoms with Gasteiger partial charge in [-0.15, -0.1) is 0 Å². The van der Waals surface area contributed by atoms with Crippen LogP contribution in [0.25, 0.3) is 0 Å². The van der Waals surface area contributed by atoms with Gasteiger partial charge in [-0.2, -0.15) is 13.2 Å². The Balaban J connectivity index is 2.28. The zero-order valence-corrected chi connectivity index (χ0v) is 12.4. The Morgan fingerprint density at radius 2 is 2.04 bits per heavy atom. The molecule has 0 saturated heterocycles. The lowest BCUT2D eigenvalue weighted by atomic mass is 10.1. The molecule has 0 bridgehead atoms. The van der Waals surface area contributed by atoms with Gasteiger partial charge >= 0.3 is 6.18 Å². The van der Waals surface area contributed by atoms with Crippen molar-refractivity contribution in [3.8, 4) is 0 Å². The maximum Gasteiger partial charge on any atom is 0.433 e. The third kappa shape index (κ3) is 4.31. The monoisotopic (exact) mass is 345 g/mol. The second kappa shape index (κ2) is 6.41. The number of alkyl halides is 3. The minimum absolute atomic E-state index is 0.125. The lowest BCUT2D eigenvalue weighted by Crippen LogP contribution is -2.16. The van der Waals surface area contributed by atoms with Crippen molar-refractivity contribution in [3.63, 3.8) is 0 Å². The van der Waals surface area contributed by atoms with Gasteiger partial charge in [0.15, 0.2) is 10.9 Å². The molecule has 1 aromatic heterocycles. The van der Waals surface area contributed by atoms with E-state index in [-0.39, 0.29) is 10.8 Å². The van der Waals surface area contributed by atoms with Crippen molar-refractivity contribution in [2.24, 2.45) is 0 Å². The first-order chi connectivity index (χ1) is 10.7. The highest BCUT2D eigenvalue weighted by atomic mass is 32.2. The Morgan fingerprint density at radius 1 is 1.35 bits per heavy atom. The summed E-state index contributed by atoms with van der Waals surface area (Å²) in [5, 5.41) is 10.1. The first-order valence-corrected chi connectivity index (χ1v) is 7.14. The molecule has 0 aliphatic rings. The first-order valence-electron chi connectivity index (χ1n) is 6.26. The number of benzene rings is 1. The lowest BCUT2D eigenvalue weighted by molar-refractivity contribution is -0.384. The lowest BCUT2D eigenvalue weighted by Gasteiger charge is -2.12. The molecular weight excluding hydrogens is 335 g/mol. The number of non-ortho nitro benzene ring substituents is 1. The smallest absolute Gasteiger partial charge is 0.301 e. The maximum absolute atomic E-state index is 12.7. The summed E-state index contributed by atoms with van der Waals surface area (Å²) in [7, 11) is 0. The van der Waals surface area contributed by atoms with E-state index in [2.05, 4.69) is 9.97 Å². The number of nitro benzene ring substituents is 1. The van der Waals surface area contributed by atoms with E-state index in [1.54, 1.807) is 13.0 Å². The van der Waals surface area contributed by atoms with Crippen LogP contribution in [0.2, 0.25) is 0 Å². The van der Waals surface area contributed by atoms with E-state index in [9.17, 15) is 28.1 Å². The fourth-order valence-corrected chi connectivity index (χ4v) is 2.69. The molecule has 1 atom stereocenters. The van der Waals surface area contributed by atoms with Crippen LogP contribution < -0.4 is 5.56 Å². The highest BCUT2D eigenvalue weighted by Crippen LogP contribution is 2.35. The van der Waals surface area contributed by atoms with Gasteiger partial charge < -0.3 is 4.98 Å². The molecule has 23 heavy (non-hydrogen) atoms. The highest BCUT2D eigenvalue weighted by molar-refractivity contribution is 7.99. The Kier molecular flexibility index (Phi) is 4.73. The third-order valence-electron chi connectivity index (χ3n) is 2.85. The number of aromatic nitrogens is 2. The van der Waals surface area contributed by atoms with E-state index in [1.165, 1.54) is 18.2 Å². The van der Waals surface area contributed by atoms with Crippen molar-refractivity contribution in [3.05, 3.63) is 62.1 Å². The fraction of sp³-hybridized carbons (Fsp3) is 0.231. The number of thioether (sulfide) groups is 1. The van der Waals surface area contributed by atoms with E-state index in [1.807, 2.05) is 0 Å². The second-order valence-corrected chi connectivity index (χ2v) is 5.88. The quantitative estimate of drug-likeness (QED) is 0.396. The molecule has 1 unspecified atom stereocenters. The number of hydrogen-bond acceptors (Lipinski definition) is 5. The van der Waals surface area contributed by atoms with Crippen LogP contribution in [0.4, 0.5) is 18.9 Å². The molecule has 6 nitrogen and oxygen atoms in total. The summed E-state index contributed by atoms with van der Waals surface area (Å²) in [6, 6.07) is 6.10. The van der Waals surface area contributed by atoms with Gasteiger partial charge in [0, 0.05) is 23.4 Å². The molecule has 1 N–H and O–H groups in total. The SMILES string of the molecule is CC(Sc1nc(C(F)(F)F)cc(=O)[nH]1)c1cccc([N+](=O)[O-])c1. The molecule has 0 fully saturated rings. The molecule has 0 amide bonds. The Hall–Kier alpha value is -2.36. The topological polar surface area (TPSA) is 88.9 Å². The molecule has 0 aliphatic heterocycles. The normalized spacial score (nSPS) is 12.9. The highest BCUT2D eigenvalue weighted by Gasteiger charge is 2.33. The summed E-state index contributed by atoms with van der Waals surface area (Å²) in [5.74, 6) is 0. The second-order valence-electron chi connectivity index (χ2n) is 4.55. The van der Waals surface area contributed by atoms with Gasteiger partial charge in [0.25, 0.3) is 11.2 Å². The summed E-state index contributed by atoms with van der Waals surface area (Å²) >= 11 is 0.872. The minimum Gasteiger partial charge on any atom is -0.301 e. The predicted octanol–water partition coefficient (Wildman–Crippen LogP) is 3.55. The van der Waals surface area contributed by atoms with Gasteiger partial charge in [-0.25, -0.2) is 4.98 Å². The molecule has 122 valence electrons. The van der Waals surface area contributed by atoms with E-state index >= 15 is 0 Å². The maximum atomic E-state index is 12.7. The number of H-pyrrole nitrogens is 1. The molecule has 1 aromatic carbocycles. The summed E-state index contributed by atoms with van der Waals surface area (Å²) in [4.78, 5) is 27.1. The zero-order chi connectivity index (χ0) is 17.2. The average Bonchev–Trinajstić information content (AvgIpc) is 2.45. The number of nitrogens with one attached hydrogen (secondary N) is 1. The van der Waals surface area contributed by atoms with Crippen LogP contribution in [0.3, 0.4) is 0 Å². The molecular formula is C13H10F3N3O3S. The third-order valence-corrected chi connectivity index (χ3v) is 3.89. The Bertz CT molecular complexity index is 792. The van der Waals surface area contributed by atoms with Crippen LogP contribution in [0.5, 0.6) is 0 Å². The van der Waals surface area contributed by atoms with Crippen LogP contribution in [0, 0.1) is 10.1 Å². The van der Waals surface area contributed by atoms with Crippen LogP contribution >= 0.6 is 11.8 Å². The predicted molar refractivity (Wildman–Crippen MR) is 77.2 cm³/mol. The number of halogens is 3. The number of nitro groups is 1. The summed E-state index contributed by atoms with van der Waals surface area (Å²) < 4.78 is 38.0. The molecule has 0 radical (unpaired) electrons. The zero-order valence-electron chi connectivity index (χ0n) is 11.6. The average molecular weight is 345 g/mol. The first kappa shape index (κ1) is 17.0.